The molecule has 0 atom stereocenters. The van der Waals surface area contributed by atoms with Crippen LogP contribution >= 0.6 is 0 Å². The Balaban J connectivity index is 2.59. The van der Waals surface area contributed by atoms with Gasteiger partial charge in [-0.1, -0.05) is 136 Å². The third kappa shape index (κ3) is 18.4. The van der Waals surface area contributed by atoms with Crippen LogP contribution in [0.15, 0.2) is 18.2 Å². The average Bonchev–Trinajstić information content (AvgIpc) is 2.91. The molecular formula is C34H58O4. The molecule has 38 heavy (non-hydrogen) atoms. The molecule has 1 aromatic rings. The van der Waals surface area contributed by atoms with Crippen LogP contribution in [0, 0.1) is 0 Å². The minimum atomic E-state index is -0.244. The van der Waals surface area contributed by atoms with Crippen molar-refractivity contribution < 1.29 is 19.1 Å². The van der Waals surface area contributed by atoms with Gasteiger partial charge in [0.05, 0.1) is 0 Å². The SMILES string of the molecule is CCCCCCCCCC(=O)Oc1ccc(CCCCCCCC)cc1OC(=O)CCCCCCCCC. The van der Waals surface area contributed by atoms with Gasteiger partial charge in [-0.2, -0.15) is 0 Å². The van der Waals surface area contributed by atoms with Gasteiger partial charge >= 0.3 is 11.9 Å². The summed E-state index contributed by atoms with van der Waals surface area (Å²) in [7, 11) is 0. The lowest BCUT2D eigenvalue weighted by molar-refractivity contribution is -0.137. The Morgan fingerprint density at radius 2 is 0.895 bits per heavy atom. The van der Waals surface area contributed by atoms with E-state index < -0.39 is 0 Å². The quantitative estimate of drug-likeness (QED) is 0.0716. The molecule has 0 spiro atoms. The maximum Gasteiger partial charge on any atom is 0.311 e. The third-order valence-electron chi connectivity index (χ3n) is 7.24. The van der Waals surface area contributed by atoms with E-state index in [1.165, 1.54) is 96.3 Å². The highest BCUT2D eigenvalue weighted by Crippen LogP contribution is 2.30. The number of carbonyl (C=O) groups is 2. The second-order valence-electron chi connectivity index (χ2n) is 11.0. The maximum absolute atomic E-state index is 12.6. The molecule has 0 saturated heterocycles. The predicted molar refractivity (Wildman–Crippen MR) is 160 cm³/mol. The lowest BCUT2D eigenvalue weighted by Crippen LogP contribution is -2.12. The van der Waals surface area contributed by atoms with Crippen LogP contribution in [0.4, 0.5) is 0 Å². The highest BCUT2D eigenvalue weighted by Gasteiger charge is 2.15. The first-order valence-electron chi connectivity index (χ1n) is 16.1. The van der Waals surface area contributed by atoms with Crippen molar-refractivity contribution in [3.05, 3.63) is 23.8 Å². The van der Waals surface area contributed by atoms with Crippen LogP contribution in [0.2, 0.25) is 0 Å². The molecule has 0 heterocycles. The Hall–Kier alpha value is -1.84. The molecule has 1 rings (SSSR count). The van der Waals surface area contributed by atoms with E-state index in [0.29, 0.717) is 24.3 Å². The minimum Gasteiger partial charge on any atom is -0.423 e. The zero-order valence-corrected chi connectivity index (χ0v) is 25.1. The molecule has 0 aromatic heterocycles. The van der Waals surface area contributed by atoms with Crippen LogP contribution in [-0.2, 0) is 16.0 Å². The molecule has 0 amide bonds. The number of aryl methyl sites for hydroxylation is 1. The van der Waals surface area contributed by atoms with Gasteiger partial charge in [-0.3, -0.25) is 9.59 Å². The topological polar surface area (TPSA) is 52.6 Å². The first kappa shape index (κ1) is 34.2. The Morgan fingerprint density at radius 3 is 1.37 bits per heavy atom. The van der Waals surface area contributed by atoms with E-state index in [1.54, 1.807) is 0 Å². The Morgan fingerprint density at radius 1 is 0.500 bits per heavy atom. The second-order valence-corrected chi connectivity index (χ2v) is 11.0. The van der Waals surface area contributed by atoms with Crippen molar-refractivity contribution in [2.24, 2.45) is 0 Å². The van der Waals surface area contributed by atoms with E-state index >= 15 is 0 Å². The standard InChI is InChI=1S/C34H58O4/c1-4-7-10-13-16-19-22-25-33(35)37-31-28-27-30(24-21-18-15-12-9-6-3)29-32(31)38-34(36)26-23-20-17-14-11-8-5-2/h27-29H,4-26H2,1-3H3. The molecule has 0 saturated carbocycles. The predicted octanol–water partition coefficient (Wildman–Crippen LogP) is 10.7. The van der Waals surface area contributed by atoms with Crippen LogP contribution in [0.1, 0.15) is 168 Å². The monoisotopic (exact) mass is 530 g/mol. The molecule has 1 aromatic carbocycles. The van der Waals surface area contributed by atoms with Crippen molar-refractivity contribution in [3.63, 3.8) is 0 Å². The fourth-order valence-corrected chi connectivity index (χ4v) is 4.78. The first-order chi connectivity index (χ1) is 18.6. The summed E-state index contributed by atoms with van der Waals surface area (Å²) in [6.45, 7) is 6.68. The summed E-state index contributed by atoms with van der Waals surface area (Å²) in [5.74, 6) is 0.290. The Bertz CT molecular complexity index is 727. The number of hydrogen-bond donors (Lipinski definition) is 0. The molecule has 0 N–H and O–H groups in total. The lowest BCUT2D eigenvalue weighted by Gasteiger charge is -2.13. The van der Waals surface area contributed by atoms with E-state index in [-0.39, 0.29) is 11.9 Å². The molecule has 0 aliphatic heterocycles. The molecule has 0 aliphatic rings. The highest BCUT2D eigenvalue weighted by atomic mass is 16.6. The average molecular weight is 531 g/mol. The van der Waals surface area contributed by atoms with E-state index in [0.717, 1.165) is 44.1 Å². The van der Waals surface area contributed by atoms with Crippen LogP contribution in [0.25, 0.3) is 0 Å². The van der Waals surface area contributed by atoms with Crippen LogP contribution < -0.4 is 9.47 Å². The number of carbonyl (C=O) groups excluding carboxylic acids is 2. The number of benzene rings is 1. The summed E-state index contributed by atoms with van der Waals surface area (Å²) in [5, 5.41) is 0. The van der Waals surface area contributed by atoms with E-state index in [9.17, 15) is 9.59 Å². The zero-order valence-electron chi connectivity index (χ0n) is 25.1. The molecule has 4 nitrogen and oxygen atoms in total. The number of ether oxygens (including phenoxy) is 2. The van der Waals surface area contributed by atoms with Gasteiger partial charge in [0.25, 0.3) is 0 Å². The number of hydrogen-bond acceptors (Lipinski definition) is 4. The number of unbranched alkanes of at least 4 members (excludes halogenated alkanes) is 17. The molecule has 0 fully saturated rings. The van der Waals surface area contributed by atoms with Gasteiger partial charge in [0.2, 0.25) is 0 Å². The van der Waals surface area contributed by atoms with Crippen molar-refractivity contribution in [3.8, 4) is 11.5 Å². The number of esters is 2. The third-order valence-corrected chi connectivity index (χ3v) is 7.24. The van der Waals surface area contributed by atoms with E-state index in [1.807, 2.05) is 18.2 Å². The molecule has 218 valence electrons. The van der Waals surface area contributed by atoms with Gasteiger partial charge in [0.1, 0.15) is 0 Å². The summed E-state index contributed by atoms with van der Waals surface area (Å²) >= 11 is 0. The Kier molecular flexibility index (Phi) is 21.8. The molecule has 0 radical (unpaired) electrons. The molecule has 0 bridgehead atoms. The van der Waals surface area contributed by atoms with Gasteiger partial charge in [-0.15, -0.1) is 0 Å². The summed E-state index contributed by atoms with van der Waals surface area (Å²) < 4.78 is 11.4. The fourth-order valence-electron chi connectivity index (χ4n) is 4.78. The smallest absolute Gasteiger partial charge is 0.311 e. The molecular weight excluding hydrogens is 472 g/mol. The summed E-state index contributed by atoms with van der Waals surface area (Å²) in [6, 6.07) is 5.73. The van der Waals surface area contributed by atoms with Gasteiger partial charge < -0.3 is 9.47 Å². The maximum atomic E-state index is 12.6. The lowest BCUT2D eigenvalue weighted by atomic mass is 10.0. The highest BCUT2D eigenvalue weighted by molar-refractivity contribution is 5.76. The molecule has 4 heteroatoms. The number of rotatable bonds is 25. The van der Waals surface area contributed by atoms with Crippen molar-refractivity contribution in [1.82, 2.24) is 0 Å². The van der Waals surface area contributed by atoms with Gasteiger partial charge in [0.15, 0.2) is 11.5 Å². The van der Waals surface area contributed by atoms with Crippen LogP contribution in [-0.4, -0.2) is 11.9 Å². The van der Waals surface area contributed by atoms with Gasteiger partial charge in [-0.25, -0.2) is 0 Å². The summed E-state index contributed by atoms with van der Waals surface area (Å²) in [4.78, 5) is 25.1. The first-order valence-corrected chi connectivity index (χ1v) is 16.1. The van der Waals surface area contributed by atoms with E-state index in [2.05, 4.69) is 20.8 Å². The van der Waals surface area contributed by atoms with Crippen molar-refractivity contribution in [1.29, 1.82) is 0 Å². The van der Waals surface area contributed by atoms with Crippen LogP contribution in [0.3, 0.4) is 0 Å². The second kappa shape index (κ2) is 24.2. The summed E-state index contributed by atoms with van der Waals surface area (Å²) in [5.41, 5.74) is 1.13. The normalized spacial score (nSPS) is 11.0. The summed E-state index contributed by atoms with van der Waals surface area (Å²) in [6.07, 6.45) is 25.4. The van der Waals surface area contributed by atoms with Crippen LogP contribution in [0.5, 0.6) is 11.5 Å². The molecule has 0 aliphatic carbocycles. The fraction of sp³-hybridized carbons (Fsp3) is 0.765. The minimum absolute atomic E-state index is 0.236. The zero-order chi connectivity index (χ0) is 27.7. The largest absolute Gasteiger partial charge is 0.423 e. The van der Waals surface area contributed by atoms with Crippen molar-refractivity contribution in [2.75, 3.05) is 0 Å². The molecule has 0 unspecified atom stereocenters. The van der Waals surface area contributed by atoms with E-state index in [4.69, 9.17) is 9.47 Å². The van der Waals surface area contributed by atoms with Gasteiger partial charge in [0, 0.05) is 12.8 Å². The van der Waals surface area contributed by atoms with Gasteiger partial charge in [-0.05, 0) is 43.4 Å². The van der Waals surface area contributed by atoms with Crippen molar-refractivity contribution in [2.45, 2.75) is 168 Å². The van der Waals surface area contributed by atoms with Crippen molar-refractivity contribution >= 4 is 11.9 Å². The Labute approximate surface area is 234 Å².